The first kappa shape index (κ1) is 14.2. The van der Waals surface area contributed by atoms with E-state index < -0.39 is 17.9 Å². The lowest BCUT2D eigenvalue weighted by Crippen LogP contribution is -2.37. The van der Waals surface area contributed by atoms with Crippen molar-refractivity contribution in [2.45, 2.75) is 6.42 Å². The van der Waals surface area contributed by atoms with Crippen molar-refractivity contribution in [1.29, 1.82) is 0 Å². The van der Waals surface area contributed by atoms with E-state index in [9.17, 15) is 14.4 Å². The molecule has 0 aromatic heterocycles. The van der Waals surface area contributed by atoms with Crippen molar-refractivity contribution in [3.05, 3.63) is 46.3 Å². The molecule has 0 atom stereocenters. The number of imide groups is 1. The Labute approximate surface area is 107 Å². The van der Waals surface area contributed by atoms with Gasteiger partial charge in [-0.15, -0.1) is 0 Å². The van der Waals surface area contributed by atoms with E-state index >= 15 is 0 Å². The maximum absolute atomic E-state index is 11.9. The zero-order chi connectivity index (χ0) is 14.3. The van der Waals surface area contributed by atoms with Gasteiger partial charge in [-0.1, -0.05) is 18.2 Å². The Morgan fingerprint density at radius 3 is 2.42 bits per heavy atom. The molecular weight excluding hydrogens is 252 g/mol. The first-order valence-corrected chi connectivity index (χ1v) is 5.24. The predicted molar refractivity (Wildman–Crippen MR) is 64.3 cm³/mol. The van der Waals surface area contributed by atoms with E-state index in [1.165, 1.54) is 12.1 Å². The monoisotopic (exact) mass is 262 g/mol. The van der Waals surface area contributed by atoms with Crippen molar-refractivity contribution in [2.24, 2.45) is 5.11 Å². The lowest BCUT2D eigenvalue weighted by molar-refractivity contribution is -0.118. The molecule has 8 nitrogen and oxygen atoms in total. The summed E-state index contributed by atoms with van der Waals surface area (Å²) in [5, 5.41) is 11.7. The predicted octanol–water partition coefficient (Wildman–Crippen LogP) is 2.03. The van der Waals surface area contributed by atoms with E-state index in [4.69, 9.17) is 10.6 Å². The van der Waals surface area contributed by atoms with Gasteiger partial charge in [-0.2, -0.15) is 0 Å². The van der Waals surface area contributed by atoms with Gasteiger partial charge in [0.25, 0.3) is 5.91 Å². The molecule has 1 aromatic carbocycles. The highest BCUT2D eigenvalue weighted by atomic mass is 16.4. The Kier molecular flexibility index (Phi) is 5.06. The van der Waals surface area contributed by atoms with Crippen LogP contribution in [0.15, 0.2) is 35.4 Å². The molecular formula is C11H10N4O4. The molecule has 98 valence electrons. The first-order chi connectivity index (χ1) is 9.06. The van der Waals surface area contributed by atoms with Crippen LogP contribution >= 0.6 is 0 Å². The summed E-state index contributed by atoms with van der Waals surface area (Å²) in [7, 11) is 0. The van der Waals surface area contributed by atoms with E-state index in [1.807, 2.05) is 0 Å². The second-order valence-electron chi connectivity index (χ2n) is 3.44. The van der Waals surface area contributed by atoms with Gasteiger partial charge in [0, 0.05) is 23.4 Å². The second-order valence-corrected chi connectivity index (χ2v) is 3.44. The molecule has 1 aromatic rings. The van der Waals surface area contributed by atoms with E-state index in [0.717, 1.165) is 0 Å². The van der Waals surface area contributed by atoms with Gasteiger partial charge in [0.05, 0.1) is 0 Å². The number of amides is 3. The van der Waals surface area contributed by atoms with Gasteiger partial charge in [0.15, 0.2) is 0 Å². The van der Waals surface area contributed by atoms with Crippen LogP contribution in [-0.4, -0.2) is 34.5 Å². The lowest BCUT2D eigenvalue weighted by Gasteiger charge is -2.16. The van der Waals surface area contributed by atoms with Gasteiger partial charge in [-0.05, 0) is 22.8 Å². The van der Waals surface area contributed by atoms with Gasteiger partial charge in [-0.25, -0.2) is 9.69 Å². The summed E-state index contributed by atoms with van der Waals surface area (Å²) in [5.74, 6) is -1.56. The molecule has 0 heterocycles. The van der Waals surface area contributed by atoms with Crippen LogP contribution in [0.25, 0.3) is 10.4 Å². The van der Waals surface area contributed by atoms with Crippen molar-refractivity contribution in [3.63, 3.8) is 0 Å². The van der Waals surface area contributed by atoms with E-state index in [1.54, 1.807) is 18.2 Å². The molecule has 0 aliphatic heterocycles. The number of carboxylic acid groups (broad SMARTS) is 1. The maximum Gasteiger partial charge on any atom is 0.414 e. The Bertz CT molecular complexity index is 537. The number of azide groups is 1. The molecule has 0 radical (unpaired) electrons. The van der Waals surface area contributed by atoms with E-state index in [0.29, 0.717) is 4.90 Å². The molecule has 0 aliphatic carbocycles. The summed E-state index contributed by atoms with van der Waals surface area (Å²) in [6.07, 6.45) is -1.82. The van der Waals surface area contributed by atoms with Gasteiger partial charge in [-0.3, -0.25) is 9.59 Å². The minimum Gasteiger partial charge on any atom is -0.465 e. The van der Waals surface area contributed by atoms with Crippen molar-refractivity contribution >= 4 is 17.9 Å². The van der Waals surface area contributed by atoms with Crippen LogP contribution in [0.5, 0.6) is 0 Å². The number of hydrogen-bond donors (Lipinski definition) is 1. The summed E-state index contributed by atoms with van der Waals surface area (Å²) in [6.45, 7) is -0.360. The van der Waals surface area contributed by atoms with Crippen molar-refractivity contribution in [2.75, 3.05) is 6.54 Å². The number of nitrogens with zero attached hydrogens (tertiary/aromatic N) is 4. The summed E-state index contributed by atoms with van der Waals surface area (Å²) in [4.78, 5) is 36.6. The fraction of sp³-hybridized carbons (Fsp3) is 0.182. The average molecular weight is 262 g/mol. The quantitative estimate of drug-likeness (QED) is 0.506. The smallest absolute Gasteiger partial charge is 0.414 e. The third-order valence-electron chi connectivity index (χ3n) is 2.20. The molecule has 0 saturated heterocycles. The zero-order valence-corrected chi connectivity index (χ0v) is 9.76. The molecule has 0 aliphatic rings. The highest BCUT2D eigenvalue weighted by Crippen LogP contribution is 2.06. The molecule has 3 amide bonds. The minimum atomic E-state index is -1.47. The van der Waals surface area contributed by atoms with Crippen LogP contribution < -0.4 is 0 Å². The van der Waals surface area contributed by atoms with Crippen molar-refractivity contribution < 1.29 is 19.5 Å². The van der Waals surface area contributed by atoms with Crippen molar-refractivity contribution in [3.8, 4) is 0 Å². The van der Waals surface area contributed by atoms with Crippen LogP contribution in [0.2, 0.25) is 0 Å². The summed E-state index contributed by atoms with van der Waals surface area (Å²) >= 11 is 0. The summed E-state index contributed by atoms with van der Waals surface area (Å²) < 4.78 is 0. The number of benzene rings is 1. The van der Waals surface area contributed by atoms with Crippen LogP contribution in [0.1, 0.15) is 16.8 Å². The minimum absolute atomic E-state index is 0.195. The lowest BCUT2D eigenvalue weighted by atomic mass is 10.2. The molecule has 0 spiro atoms. The number of hydrogen-bond acceptors (Lipinski definition) is 3. The standard InChI is InChI=1S/C11H10N4O4/c12-14-13-9(16)6-7-15(11(18)19)10(17)8-4-2-1-3-5-8/h1-5H,6-7H2,(H,18,19). The third-order valence-corrected chi connectivity index (χ3v) is 2.20. The molecule has 0 bridgehead atoms. The highest BCUT2D eigenvalue weighted by molar-refractivity contribution is 6.02. The third kappa shape index (κ3) is 4.14. The summed E-state index contributed by atoms with van der Waals surface area (Å²) in [5.41, 5.74) is 8.23. The molecule has 0 unspecified atom stereocenters. The molecule has 19 heavy (non-hydrogen) atoms. The zero-order valence-electron chi connectivity index (χ0n) is 9.76. The van der Waals surface area contributed by atoms with Crippen LogP contribution in [0, 0.1) is 0 Å². The molecule has 1 rings (SSSR count). The fourth-order valence-electron chi connectivity index (χ4n) is 1.33. The van der Waals surface area contributed by atoms with Gasteiger partial charge < -0.3 is 5.11 Å². The van der Waals surface area contributed by atoms with Crippen LogP contribution in [-0.2, 0) is 4.79 Å². The number of carbonyl (C=O) groups excluding carboxylic acids is 2. The van der Waals surface area contributed by atoms with Gasteiger partial charge in [0.1, 0.15) is 0 Å². The van der Waals surface area contributed by atoms with Crippen molar-refractivity contribution in [1.82, 2.24) is 4.90 Å². The largest absolute Gasteiger partial charge is 0.465 e. The SMILES string of the molecule is [N-]=[N+]=NC(=O)CCN(C(=O)O)C(=O)c1ccccc1. The van der Waals surface area contributed by atoms with Gasteiger partial charge in [0.2, 0.25) is 5.91 Å². The topological polar surface area (TPSA) is 123 Å². The molecule has 1 N–H and O–H groups in total. The first-order valence-electron chi connectivity index (χ1n) is 5.24. The molecule has 8 heteroatoms. The van der Waals surface area contributed by atoms with E-state index in [-0.39, 0.29) is 18.5 Å². The normalized spacial score (nSPS) is 9.26. The summed E-state index contributed by atoms with van der Waals surface area (Å²) in [6, 6.07) is 7.81. The Morgan fingerprint density at radius 2 is 1.89 bits per heavy atom. The van der Waals surface area contributed by atoms with Crippen LogP contribution in [0.3, 0.4) is 0 Å². The maximum atomic E-state index is 11.9. The Hall–Kier alpha value is -2.86. The fourth-order valence-corrected chi connectivity index (χ4v) is 1.33. The molecule has 0 saturated carbocycles. The second kappa shape index (κ2) is 6.77. The van der Waals surface area contributed by atoms with Gasteiger partial charge >= 0.3 is 6.09 Å². The highest BCUT2D eigenvalue weighted by Gasteiger charge is 2.22. The van der Waals surface area contributed by atoms with E-state index in [2.05, 4.69) is 10.0 Å². The Balaban J connectivity index is 2.78. The number of rotatable bonds is 4. The van der Waals surface area contributed by atoms with Crippen LogP contribution in [0.4, 0.5) is 4.79 Å². The molecule has 0 fully saturated rings. The Morgan fingerprint density at radius 1 is 1.26 bits per heavy atom. The average Bonchev–Trinajstić information content (AvgIpc) is 2.39. The number of carbonyl (C=O) groups is 3.